The van der Waals surface area contributed by atoms with Gasteiger partial charge in [0.05, 0.1) is 11.6 Å². The number of aromatic nitrogens is 3. The molecule has 8 heteroatoms. The molecule has 1 aliphatic heterocycles. The van der Waals surface area contributed by atoms with E-state index in [-0.39, 0.29) is 12.1 Å². The maximum atomic E-state index is 12.6. The molecule has 0 radical (unpaired) electrons. The van der Waals surface area contributed by atoms with Gasteiger partial charge in [-0.1, -0.05) is 36.5 Å². The monoisotopic (exact) mass is 368 g/mol. The number of benzene rings is 1. The number of unbranched alkanes of at least 4 members (excludes halogenated alkanes) is 1. The minimum absolute atomic E-state index is 0.153. The van der Waals surface area contributed by atoms with Crippen LogP contribution in [0.4, 0.5) is 4.79 Å². The Morgan fingerprint density at radius 1 is 1.46 bits per heavy atom. The van der Waals surface area contributed by atoms with Crippen LogP contribution in [0.25, 0.3) is 0 Å². The van der Waals surface area contributed by atoms with Crippen LogP contribution in [0.15, 0.2) is 24.8 Å². The van der Waals surface area contributed by atoms with Crippen molar-refractivity contribution in [1.82, 2.24) is 19.7 Å². The Morgan fingerprint density at radius 3 is 3.00 bits per heavy atom. The van der Waals surface area contributed by atoms with Gasteiger partial charge in [-0.15, -0.1) is 0 Å². The second kappa shape index (κ2) is 7.40. The predicted octanol–water partition coefficient (Wildman–Crippen LogP) is 3.66. The summed E-state index contributed by atoms with van der Waals surface area (Å²) in [6.45, 7) is 3.18. The Balaban J connectivity index is 1.72. The molecular formula is C16H18Cl2N4O2. The van der Waals surface area contributed by atoms with E-state index in [1.807, 2.05) is 6.07 Å². The SMILES string of the molecule is CCCCN(CC1Cc2cc(Cl)cc(Cl)c2O1)C(=O)n1cncn1. The van der Waals surface area contributed by atoms with Gasteiger partial charge in [0.2, 0.25) is 0 Å². The van der Waals surface area contributed by atoms with Crippen LogP contribution in [0, 0.1) is 0 Å². The Bertz CT molecular complexity index is 721. The van der Waals surface area contributed by atoms with Gasteiger partial charge in [0.25, 0.3) is 0 Å². The summed E-state index contributed by atoms with van der Waals surface area (Å²) in [5.41, 5.74) is 0.973. The van der Waals surface area contributed by atoms with Crippen molar-refractivity contribution in [3.63, 3.8) is 0 Å². The third-order valence-electron chi connectivity index (χ3n) is 3.91. The highest BCUT2D eigenvalue weighted by atomic mass is 35.5. The lowest BCUT2D eigenvalue weighted by molar-refractivity contribution is 0.149. The van der Waals surface area contributed by atoms with E-state index in [1.165, 1.54) is 17.3 Å². The molecule has 0 spiro atoms. The van der Waals surface area contributed by atoms with Crippen LogP contribution < -0.4 is 4.74 Å². The summed E-state index contributed by atoms with van der Waals surface area (Å²) in [5.74, 6) is 0.662. The molecule has 1 unspecified atom stereocenters. The van der Waals surface area contributed by atoms with Gasteiger partial charge in [0.1, 0.15) is 24.5 Å². The average Bonchev–Trinajstić information content (AvgIpc) is 3.20. The number of carbonyl (C=O) groups is 1. The highest BCUT2D eigenvalue weighted by molar-refractivity contribution is 6.35. The van der Waals surface area contributed by atoms with Gasteiger partial charge >= 0.3 is 6.03 Å². The molecule has 0 bridgehead atoms. The van der Waals surface area contributed by atoms with Crippen molar-refractivity contribution in [2.75, 3.05) is 13.1 Å². The van der Waals surface area contributed by atoms with Crippen LogP contribution in [-0.4, -0.2) is 44.9 Å². The number of ether oxygens (including phenoxy) is 1. The molecule has 1 atom stereocenters. The largest absolute Gasteiger partial charge is 0.486 e. The number of hydrogen-bond acceptors (Lipinski definition) is 4. The van der Waals surface area contributed by atoms with E-state index >= 15 is 0 Å². The summed E-state index contributed by atoms with van der Waals surface area (Å²) in [6, 6.07) is 3.32. The Hall–Kier alpha value is -1.79. The molecule has 24 heavy (non-hydrogen) atoms. The molecular weight excluding hydrogens is 351 g/mol. The smallest absolute Gasteiger partial charge is 0.346 e. The lowest BCUT2D eigenvalue weighted by Crippen LogP contribution is -2.42. The van der Waals surface area contributed by atoms with Gasteiger partial charge in [-0.3, -0.25) is 0 Å². The maximum Gasteiger partial charge on any atom is 0.346 e. The minimum Gasteiger partial charge on any atom is -0.486 e. The van der Waals surface area contributed by atoms with Crippen molar-refractivity contribution < 1.29 is 9.53 Å². The highest BCUT2D eigenvalue weighted by Gasteiger charge is 2.29. The van der Waals surface area contributed by atoms with Crippen molar-refractivity contribution in [1.29, 1.82) is 0 Å². The summed E-state index contributed by atoms with van der Waals surface area (Å²) in [5, 5.41) is 5.01. The van der Waals surface area contributed by atoms with Gasteiger partial charge < -0.3 is 9.64 Å². The van der Waals surface area contributed by atoms with Crippen LogP contribution in [0.2, 0.25) is 10.0 Å². The molecule has 1 aromatic carbocycles. The summed E-state index contributed by atoms with van der Waals surface area (Å²) in [7, 11) is 0. The molecule has 0 saturated heterocycles. The van der Waals surface area contributed by atoms with E-state index in [1.54, 1.807) is 11.0 Å². The van der Waals surface area contributed by atoms with Crippen LogP contribution in [0.3, 0.4) is 0 Å². The highest BCUT2D eigenvalue weighted by Crippen LogP contribution is 2.38. The number of nitrogens with zero attached hydrogens (tertiary/aromatic N) is 4. The molecule has 1 amide bonds. The fraction of sp³-hybridized carbons (Fsp3) is 0.438. The quantitative estimate of drug-likeness (QED) is 0.807. The average molecular weight is 369 g/mol. The molecule has 128 valence electrons. The lowest BCUT2D eigenvalue weighted by atomic mass is 10.1. The molecule has 0 N–H and O–H groups in total. The summed E-state index contributed by atoms with van der Waals surface area (Å²) in [4.78, 5) is 18.1. The van der Waals surface area contributed by atoms with Crippen LogP contribution in [0.1, 0.15) is 25.3 Å². The Labute approximate surface area is 150 Å². The van der Waals surface area contributed by atoms with Gasteiger partial charge in [-0.2, -0.15) is 9.78 Å². The summed E-state index contributed by atoms with van der Waals surface area (Å²) >= 11 is 12.2. The van der Waals surface area contributed by atoms with Gasteiger partial charge in [-0.25, -0.2) is 9.78 Å². The third-order valence-corrected chi connectivity index (χ3v) is 4.41. The van der Waals surface area contributed by atoms with Crippen molar-refractivity contribution in [2.45, 2.75) is 32.3 Å². The second-order valence-electron chi connectivity index (χ2n) is 5.74. The Kier molecular flexibility index (Phi) is 5.26. The zero-order valence-corrected chi connectivity index (χ0v) is 14.8. The van der Waals surface area contributed by atoms with Crippen molar-refractivity contribution >= 4 is 29.2 Å². The van der Waals surface area contributed by atoms with Gasteiger partial charge in [-0.05, 0) is 18.6 Å². The van der Waals surface area contributed by atoms with Crippen LogP contribution >= 0.6 is 23.2 Å². The topological polar surface area (TPSA) is 60.2 Å². The van der Waals surface area contributed by atoms with Crippen molar-refractivity contribution in [2.24, 2.45) is 0 Å². The molecule has 2 heterocycles. The number of amides is 1. The van der Waals surface area contributed by atoms with E-state index in [2.05, 4.69) is 17.0 Å². The zero-order chi connectivity index (χ0) is 17.1. The first kappa shape index (κ1) is 17.0. The standard InChI is InChI=1S/C16H18Cl2N4O2/c1-2-3-4-21(16(23)22-10-19-9-20-22)8-13-6-11-5-12(17)7-14(18)15(11)24-13/h5,7,9-10,13H,2-4,6,8H2,1H3. The van der Waals surface area contributed by atoms with Crippen LogP contribution in [-0.2, 0) is 6.42 Å². The molecule has 1 aliphatic rings. The number of halogens is 2. The number of carbonyl (C=O) groups excluding carboxylic acids is 1. The normalized spacial score (nSPS) is 15.9. The number of rotatable bonds is 5. The van der Waals surface area contributed by atoms with Gasteiger partial charge in [0, 0.05) is 23.6 Å². The number of hydrogen-bond donors (Lipinski definition) is 0. The fourth-order valence-electron chi connectivity index (χ4n) is 2.76. The van der Waals surface area contributed by atoms with Crippen molar-refractivity contribution in [3.05, 3.63) is 40.4 Å². The first-order valence-electron chi connectivity index (χ1n) is 7.87. The first-order chi connectivity index (χ1) is 11.6. The fourth-order valence-corrected chi connectivity index (χ4v) is 3.34. The minimum atomic E-state index is -0.204. The van der Waals surface area contributed by atoms with E-state index in [0.29, 0.717) is 35.3 Å². The Morgan fingerprint density at radius 2 is 2.29 bits per heavy atom. The molecule has 6 nitrogen and oxygen atoms in total. The summed E-state index contributed by atoms with van der Waals surface area (Å²) in [6.07, 6.45) is 5.17. The van der Waals surface area contributed by atoms with E-state index < -0.39 is 0 Å². The molecule has 0 aliphatic carbocycles. The number of fused-ring (bicyclic) bond motifs is 1. The predicted molar refractivity (Wildman–Crippen MR) is 91.9 cm³/mol. The summed E-state index contributed by atoms with van der Waals surface area (Å²) < 4.78 is 7.18. The molecule has 0 saturated carbocycles. The van der Waals surface area contributed by atoms with Crippen LogP contribution in [0.5, 0.6) is 5.75 Å². The third kappa shape index (κ3) is 3.65. The maximum absolute atomic E-state index is 12.6. The molecule has 1 aromatic heterocycles. The van der Waals surface area contributed by atoms with Crippen molar-refractivity contribution in [3.8, 4) is 5.75 Å². The van der Waals surface area contributed by atoms with E-state index in [9.17, 15) is 4.79 Å². The molecule has 3 rings (SSSR count). The molecule has 0 fully saturated rings. The lowest BCUT2D eigenvalue weighted by Gasteiger charge is -2.24. The zero-order valence-electron chi connectivity index (χ0n) is 13.3. The van der Waals surface area contributed by atoms with Gasteiger partial charge in [0.15, 0.2) is 0 Å². The first-order valence-corrected chi connectivity index (χ1v) is 8.62. The second-order valence-corrected chi connectivity index (χ2v) is 6.59. The van der Waals surface area contributed by atoms with E-state index in [4.69, 9.17) is 27.9 Å². The van der Waals surface area contributed by atoms with E-state index in [0.717, 1.165) is 18.4 Å². The molecule has 2 aromatic rings.